The van der Waals surface area contributed by atoms with Crippen LogP contribution in [0.1, 0.15) is 41.7 Å². The molecule has 2 N–H and O–H groups in total. The van der Waals surface area contributed by atoms with Crippen LogP contribution in [0.3, 0.4) is 0 Å². The third kappa shape index (κ3) is 3.39. The second-order valence-corrected chi connectivity index (χ2v) is 6.52. The normalized spacial score (nSPS) is 25.7. The first-order valence-electron chi connectivity index (χ1n) is 8.17. The monoisotopic (exact) mass is 321 g/mol. The van der Waals surface area contributed by atoms with Gasteiger partial charge in [0.15, 0.2) is 5.69 Å². The van der Waals surface area contributed by atoms with Crippen LogP contribution in [0.15, 0.2) is 10.8 Å². The fraction of sp³-hybridized carbons (Fsp3) is 0.688. The minimum absolute atomic E-state index is 0.0578. The Morgan fingerprint density at radius 1 is 1.35 bits per heavy atom. The first-order valence-corrected chi connectivity index (χ1v) is 8.17. The van der Waals surface area contributed by atoms with Gasteiger partial charge >= 0.3 is 0 Å². The zero-order valence-electron chi connectivity index (χ0n) is 13.4. The Bertz CT molecular complexity index is 578. The van der Waals surface area contributed by atoms with Gasteiger partial charge in [-0.25, -0.2) is 0 Å². The first-order chi connectivity index (χ1) is 11.1. The molecule has 0 radical (unpaired) electrons. The number of hydrogen-bond acceptors (Lipinski definition) is 5. The summed E-state index contributed by atoms with van der Waals surface area (Å²) in [4.78, 5) is 25.6. The lowest BCUT2D eigenvalue weighted by Gasteiger charge is -2.33. The molecule has 0 aromatic carbocycles. The number of hydrogen-bond donors (Lipinski definition) is 1. The molecule has 23 heavy (non-hydrogen) atoms. The number of rotatable bonds is 4. The van der Waals surface area contributed by atoms with Gasteiger partial charge in [-0.15, -0.1) is 0 Å². The molecule has 3 heterocycles. The van der Waals surface area contributed by atoms with Gasteiger partial charge in [0, 0.05) is 25.3 Å². The van der Waals surface area contributed by atoms with Crippen molar-refractivity contribution in [1.82, 2.24) is 10.1 Å². The summed E-state index contributed by atoms with van der Waals surface area (Å²) < 4.78 is 10.5. The number of aromatic nitrogens is 1. The lowest BCUT2D eigenvalue weighted by atomic mass is 9.86. The fourth-order valence-corrected chi connectivity index (χ4v) is 3.55. The van der Waals surface area contributed by atoms with Gasteiger partial charge in [-0.2, -0.15) is 0 Å². The van der Waals surface area contributed by atoms with Crippen LogP contribution in [-0.4, -0.2) is 47.7 Å². The number of nitrogens with two attached hydrogens (primary N) is 1. The summed E-state index contributed by atoms with van der Waals surface area (Å²) >= 11 is 0. The topological polar surface area (TPSA) is 98.7 Å². The molecule has 2 saturated heterocycles. The number of carbonyl (C=O) groups excluding carboxylic acids is 2. The van der Waals surface area contributed by atoms with Crippen molar-refractivity contribution in [1.29, 1.82) is 0 Å². The van der Waals surface area contributed by atoms with Crippen molar-refractivity contribution in [2.45, 2.75) is 38.7 Å². The highest BCUT2D eigenvalue weighted by atomic mass is 16.5. The van der Waals surface area contributed by atoms with Gasteiger partial charge in [-0.3, -0.25) is 9.59 Å². The van der Waals surface area contributed by atoms with Gasteiger partial charge in [-0.1, -0.05) is 5.16 Å². The molecule has 1 aromatic rings. The van der Waals surface area contributed by atoms with Crippen LogP contribution in [0.5, 0.6) is 0 Å². The van der Waals surface area contributed by atoms with E-state index < -0.39 is 0 Å². The molecule has 7 nitrogen and oxygen atoms in total. The van der Waals surface area contributed by atoms with Crippen molar-refractivity contribution >= 4 is 11.8 Å². The van der Waals surface area contributed by atoms with Crippen LogP contribution in [0, 0.1) is 18.8 Å². The lowest BCUT2D eigenvalue weighted by molar-refractivity contribution is -0.123. The molecule has 2 atom stereocenters. The lowest BCUT2D eigenvalue weighted by Crippen LogP contribution is -2.40. The summed E-state index contributed by atoms with van der Waals surface area (Å²) in [6.07, 6.45) is 4.82. The third-order valence-electron chi connectivity index (χ3n) is 4.99. The summed E-state index contributed by atoms with van der Waals surface area (Å²) in [6, 6.07) is 0. The van der Waals surface area contributed by atoms with Crippen molar-refractivity contribution in [2.75, 3.05) is 19.7 Å². The minimum atomic E-state index is -0.262. The molecule has 0 saturated carbocycles. The number of amides is 2. The predicted molar refractivity (Wildman–Crippen MR) is 81.5 cm³/mol. The van der Waals surface area contributed by atoms with Gasteiger partial charge in [0.25, 0.3) is 5.91 Å². The van der Waals surface area contributed by atoms with E-state index in [0.29, 0.717) is 31.3 Å². The van der Waals surface area contributed by atoms with Crippen molar-refractivity contribution in [3.8, 4) is 0 Å². The largest absolute Gasteiger partial charge is 0.377 e. The average molecular weight is 321 g/mol. The van der Waals surface area contributed by atoms with Crippen LogP contribution >= 0.6 is 0 Å². The van der Waals surface area contributed by atoms with Crippen molar-refractivity contribution in [3.05, 3.63) is 17.5 Å². The minimum Gasteiger partial charge on any atom is -0.377 e. The molecule has 1 aromatic heterocycles. The van der Waals surface area contributed by atoms with E-state index in [4.69, 9.17) is 15.0 Å². The summed E-state index contributed by atoms with van der Waals surface area (Å²) in [5, 5.41) is 3.78. The number of carbonyl (C=O) groups is 2. The van der Waals surface area contributed by atoms with E-state index in [1.54, 1.807) is 0 Å². The number of primary amides is 1. The highest BCUT2D eigenvalue weighted by Gasteiger charge is 2.35. The van der Waals surface area contributed by atoms with E-state index in [-0.39, 0.29) is 23.8 Å². The molecule has 2 fully saturated rings. The fourth-order valence-electron chi connectivity index (χ4n) is 3.55. The van der Waals surface area contributed by atoms with Gasteiger partial charge in [0.2, 0.25) is 5.91 Å². The second-order valence-electron chi connectivity index (χ2n) is 6.52. The van der Waals surface area contributed by atoms with Crippen molar-refractivity contribution in [3.63, 3.8) is 0 Å². The average Bonchev–Trinajstić information content (AvgIpc) is 3.16. The standard InChI is InChI=1S/C16H23N3O4/c1-10-9-23-18-14(10)16(21)19-5-2-11(3-6-19)8-13-12(15(17)20)4-7-22-13/h9,11-13H,2-8H2,1H3,(H2,17,20)/t12-,13-/m1/s1. The Labute approximate surface area is 135 Å². The molecule has 0 aliphatic carbocycles. The Kier molecular flexibility index (Phi) is 4.66. The Morgan fingerprint density at radius 2 is 2.09 bits per heavy atom. The van der Waals surface area contributed by atoms with E-state index in [2.05, 4.69) is 5.16 Å². The van der Waals surface area contributed by atoms with Crippen LogP contribution in [0.4, 0.5) is 0 Å². The van der Waals surface area contributed by atoms with Gasteiger partial charge in [0.05, 0.1) is 12.0 Å². The molecule has 2 aliphatic heterocycles. The van der Waals surface area contributed by atoms with Gasteiger partial charge < -0.3 is 19.9 Å². The van der Waals surface area contributed by atoms with Gasteiger partial charge in [-0.05, 0) is 38.5 Å². The summed E-state index contributed by atoms with van der Waals surface area (Å²) in [7, 11) is 0. The van der Waals surface area contributed by atoms with E-state index in [0.717, 1.165) is 31.2 Å². The third-order valence-corrected chi connectivity index (χ3v) is 4.99. The quantitative estimate of drug-likeness (QED) is 0.896. The second kappa shape index (κ2) is 6.70. The van der Waals surface area contributed by atoms with Crippen molar-refractivity contribution < 1.29 is 18.8 Å². The molecule has 0 bridgehead atoms. The van der Waals surface area contributed by atoms with E-state index in [1.165, 1.54) is 6.26 Å². The zero-order valence-corrected chi connectivity index (χ0v) is 13.4. The Hall–Kier alpha value is -1.89. The molecule has 126 valence electrons. The number of piperidine rings is 1. The molecular weight excluding hydrogens is 298 g/mol. The van der Waals surface area contributed by atoms with E-state index in [9.17, 15) is 9.59 Å². The predicted octanol–water partition coefficient (Wildman–Crippen LogP) is 1.12. The van der Waals surface area contributed by atoms with Crippen LogP contribution in [-0.2, 0) is 9.53 Å². The van der Waals surface area contributed by atoms with Crippen LogP contribution in [0.2, 0.25) is 0 Å². The first kappa shape index (κ1) is 16.0. The van der Waals surface area contributed by atoms with Gasteiger partial charge in [0.1, 0.15) is 6.26 Å². The van der Waals surface area contributed by atoms with Crippen LogP contribution in [0.25, 0.3) is 0 Å². The number of aryl methyl sites for hydroxylation is 1. The molecule has 3 rings (SSSR count). The molecule has 0 unspecified atom stereocenters. The smallest absolute Gasteiger partial charge is 0.276 e. The maximum absolute atomic E-state index is 12.4. The number of likely N-dealkylation sites (tertiary alicyclic amines) is 1. The Morgan fingerprint density at radius 3 is 2.70 bits per heavy atom. The summed E-state index contributed by atoms with van der Waals surface area (Å²) in [6.45, 7) is 3.83. The molecular formula is C16H23N3O4. The molecule has 7 heteroatoms. The number of nitrogens with zero attached hydrogens (tertiary/aromatic N) is 2. The SMILES string of the molecule is Cc1conc1C(=O)N1CCC(C[C@H]2OCC[C@H]2C(N)=O)CC1. The van der Waals surface area contributed by atoms with Crippen molar-refractivity contribution in [2.24, 2.45) is 17.6 Å². The highest BCUT2D eigenvalue weighted by molar-refractivity contribution is 5.93. The zero-order chi connectivity index (χ0) is 16.4. The highest BCUT2D eigenvalue weighted by Crippen LogP contribution is 2.31. The molecule has 0 spiro atoms. The summed E-state index contributed by atoms with van der Waals surface area (Å²) in [5.74, 6) is -0.0294. The summed E-state index contributed by atoms with van der Waals surface area (Å²) in [5.41, 5.74) is 6.60. The number of ether oxygens (including phenoxy) is 1. The maximum Gasteiger partial charge on any atom is 0.276 e. The van der Waals surface area contributed by atoms with E-state index in [1.807, 2.05) is 11.8 Å². The molecule has 2 amide bonds. The van der Waals surface area contributed by atoms with E-state index >= 15 is 0 Å². The Balaban J connectivity index is 1.52. The molecule has 2 aliphatic rings. The van der Waals surface area contributed by atoms with Crippen LogP contribution < -0.4 is 5.73 Å². The maximum atomic E-state index is 12.4.